The molecule has 5 rings (SSSR count). The fraction of sp³-hybridized carbons (Fsp3) is 0.292. The van der Waals surface area contributed by atoms with Crippen molar-refractivity contribution in [2.75, 3.05) is 31.5 Å². The van der Waals surface area contributed by atoms with Crippen LogP contribution in [0.4, 0.5) is 24.9 Å². The van der Waals surface area contributed by atoms with Gasteiger partial charge in [-0.15, -0.1) is 0 Å². The standard InChI is InChI=1S/C24H23F3N8O2/c1-14(34-7-9-35(10-8-34)21(36)13-24(25,26)27)16-5-6-28-20(12-16)32-23-30-18-4-3-17(11-19(18)31-23)22-29-15(2)33-37-22/h3-6,11-12H,1,7-10,13H2,2H3,(H2,28,30,31,32). The van der Waals surface area contributed by atoms with Crippen molar-refractivity contribution >= 4 is 34.4 Å². The van der Waals surface area contributed by atoms with E-state index in [2.05, 4.69) is 37.0 Å². The highest BCUT2D eigenvalue weighted by atomic mass is 19.4. The van der Waals surface area contributed by atoms with Crippen molar-refractivity contribution in [3.63, 3.8) is 0 Å². The number of pyridine rings is 1. The zero-order valence-corrected chi connectivity index (χ0v) is 19.8. The third kappa shape index (κ3) is 5.55. The molecule has 13 heteroatoms. The van der Waals surface area contributed by atoms with Crippen LogP contribution in [0.3, 0.4) is 0 Å². The fourth-order valence-electron chi connectivity index (χ4n) is 4.11. The Kier molecular flexibility index (Phi) is 6.27. The average molecular weight is 512 g/mol. The molecule has 4 aromatic rings. The molecule has 1 aromatic carbocycles. The molecule has 37 heavy (non-hydrogen) atoms. The minimum absolute atomic E-state index is 0.203. The second-order valence-electron chi connectivity index (χ2n) is 8.63. The number of hydrogen-bond donors (Lipinski definition) is 2. The summed E-state index contributed by atoms with van der Waals surface area (Å²) < 4.78 is 42.8. The van der Waals surface area contributed by atoms with Gasteiger partial charge in [0, 0.05) is 49.2 Å². The lowest BCUT2D eigenvalue weighted by molar-refractivity contribution is -0.162. The minimum Gasteiger partial charge on any atom is -0.368 e. The predicted octanol–water partition coefficient (Wildman–Crippen LogP) is 4.13. The van der Waals surface area contributed by atoms with Gasteiger partial charge < -0.3 is 24.6 Å². The topological polar surface area (TPSA) is 116 Å². The van der Waals surface area contributed by atoms with Crippen LogP contribution in [-0.4, -0.2) is 73.2 Å². The summed E-state index contributed by atoms with van der Waals surface area (Å²) in [6.07, 6.45) is -4.31. The number of nitrogens with zero attached hydrogens (tertiary/aromatic N) is 6. The molecule has 0 bridgehead atoms. The number of aryl methyl sites for hydroxylation is 1. The van der Waals surface area contributed by atoms with Crippen molar-refractivity contribution in [2.24, 2.45) is 0 Å². The Morgan fingerprint density at radius 3 is 2.59 bits per heavy atom. The number of amides is 1. The molecule has 1 fully saturated rings. The molecule has 0 atom stereocenters. The van der Waals surface area contributed by atoms with Crippen molar-refractivity contribution in [1.82, 2.24) is 34.9 Å². The summed E-state index contributed by atoms with van der Waals surface area (Å²) in [7, 11) is 0. The number of aromatic nitrogens is 5. The summed E-state index contributed by atoms with van der Waals surface area (Å²) in [5.41, 5.74) is 3.76. The van der Waals surface area contributed by atoms with Gasteiger partial charge in [0.2, 0.25) is 11.9 Å². The number of carbonyl (C=O) groups is 1. The lowest BCUT2D eigenvalue weighted by Gasteiger charge is -2.37. The molecule has 4 heterocycles. The molecule has 192 valence electrons. The van der Waals surface area contributed by atoms with E-state index in [0.717, 1.165) is 22.2 Å². The normalized spacial score (nSPS) is 14.3. The van der Waals surface area contributed by atoms with Crippen LogP contribution in [0.5, 0.6) is 0 Å². The molecule has 1 amide bonds. The van der Waals surface area contributed by atoms with E-state index in [1.54, 1.807) is 19.2 Å². The molecule has 0 unspecified atom stereocenters. The van der Waals surface area contributed by atoms with E-state index in [-0.39, 0.29) is 13.1 Å². The van der Waals surface area contributed by atoms with E-state index in [0.29, 0.717) is 42.3 Å². The minimum atomic E-state index is -4.51. The van der Waals surface area contributed by atoms with Crippen molar-refractivity contribution < 1.29 is 22.5 Å². The summed E-state index contributed by atoms with van der Waals surface area (Å²) in [6, 6.07) is 9.16. The number of alkyl halides is 3. The third-order valence-corrected chi connectivity index (χ3v) is 5.96. The van der Waals surface area contributed by atoms with Crippen LogP contribution >= 0.6 is 0 Å². The predicted molar refractivity (Wildman–Crippen MR) is 130 cm³/mol. The second kappa shape index (κ2) is 9.56. The van der Waals surface area contributed by atoms with Gasteiger partial charge in [0.25, 0.3) is 5.89 Å². The summed E-state index contributed by atoms with van der Waals surface area (Å²) in [6.45, 7) is 7.07. The highest BCUT2D eigenvalue weighted by Gasteiger charge is 2.34. The second-order valence-corrected chi connectivity index (χ2v) is 8.63. The number of rotatable bonds is 6. The Balaban J connectivity index is 1.24. The Morgan fingerprint density at radius 1 is 1.14 bits per heavy atom. The number of benzene rings is 1. The molecule has 2 N–H and O–H groups in total. The van der Waals surface area contributed by atoms with E-state index in [9.17, 15) is 18.0 Å². The van der Waals surface area contributed by atoms with E-state index in [1.807, 2.05) is 29.2 Å². The smallest absolute Gasteiger partial charge is 0.368 e. The number of halogens is 3. The van der Waals surface area contributed by atoms with Crippen LogP contribution in [-0.2, 0) is 4.79 Å². The van der Waals surface area contributed by atoms with E-state index < -0.39 is 18.5 Å². The van der Waals surface area contributed by atoms with Crippen molar-refractivity contribution in [2.45, 2.75) is 19.5 Å². The van der Waals surface area contributed by atoms with Crippen molar-refractivity contribution in [3.05, 3.63) is 54.5 Å². The molecule has 1 aliphatic rings. The summed E-state index contributed by atoms with van der Waals surface area (Å²) in [5, 5.41) is 6.96. The largest absolute Gasteiger partial charge is 0.397 e. The van der Waals surface area contributed by atoms with Crippen molar-refractivity contribution in [1.29, 1.82) is 0 Å². The molecule has 0 radical (unpaired) electrons. The number of anilines is 2. The first kappa shape index (κ1) is 24.3. The Bertz CT molecular complexity index is 1450. The summed E-state index contributed by atoms with van der Waals surface area (Å²) >= 11 is 0. The molecule has 3 aromatic heterocycles. The maximum atomic E-state index is 12.5. The lowest BCUT2D eigenvalue weighted by Crippen LogP contribution is -2.48. The third-order valence-electron chi connectivity index (χ3n) is 5.96. The lowest BCUT2D eigenvalue weighted by atomic mass is 10.1. The molecular formula is C24H23F3N8O2. The van der Waals surface area contributed by atoms with Crippen LogP contribution < -0.4 is 5.32 Å². The number of fused-ring (bicyclic) bond motifs is 1. The van der Waals surface area contributed by atoms with E-state index in [1.165, 1.54) is 4.90 Å². The zero-order valence-electron chi connectivity index (χ0n) is 19.8. The number of imidazole rings is 1. The van der Waals surface area contributed by atoms with Gasteiger partial charge in [-0.05, 0) is 37.3 Å². The molecule has 1 saturated heterocycles. The summed E-state index contributed by atoms with van der Waals surface area (Å²) in [4.78, 5) is 31.4. The molecule has 0 saturated carbocycles. The quantitative estimate of drug-likeness (QED) is 0.396. The monoisotopic (exact) mass is 512 g/mol. The maximum Gasteiger partial charge on any atom is 0.397 e. The highest BCUT2D eigenvalue weighted by Crippen LogP contribution is 2.26. The number of nitrogens with one attached hydrogen (secondary N) is 2. The maximum absolute atomic E-state index is 12.5. The first-order valence-corrected chi connectivity index (χ1v) is 11.5. The zero-order chi connectivity index (χ0) is 26.2. The molecule has 10 nitrogen and oxygen atoms in total. The van der Waals surface area contributed by atoms with Crippen LogP contribution in [0.15, 0.2) is 47.6 Å². The number of aromatic amines is 1. The highest BCUT2D eigenvalue weighted by molar-refractivity contribution is 5.82. The fourth-order valence-corrected chi connectivity index (χ4v) is 4.11. The Hall–Kier alpha value is -4.42. The van der Waals surface area contributed by atoms with Crippen LogP contribution in [0.1, 0.15) is 17.8 Å². The van der Waals surface area contributed by atoms with Gasteiger partial charge in [-0.25, -0.2) is 9.97 Å². The van der Waals surface area contributed by atoms with E-state index >= 15 is 0 Å². The van der Waals surface area contributed by atoms with Crippen LogP contribution in [0.25, 0.3) is 28.2 Å². The number of piperazine rings is 1. The summed E-state index contributed by atoms with van der Waals surface area (Å²) in [5.74, 6) is 1.08. The Morgan fingerprint density at radius 2 is 1.89 bits per heavy atom. The average Bonchev–Trinajstić information content (AvgIpc) is 3.47. The van der Waals surface area contributed by atoms with Gasteiger partial charge in [0.05, 0.1) is 11.0 Å². The number of carbonyl (C=O) groups excluding carboxylic acids is 1. The first-order chi connectivity index (χ1) is 17.6. The van der Waals surface area contributed by atoms with E-state index in [4.69, 9.17) is 4.52 Å². The van der Waals surface area contributed by atoms with Gasteiger partial charge in [0.1, 0.15) is 12.2 Å². The van der Waals surface area contributed by atoms with Crippen molar-refractivity contribution in [3.8, 4) is 11.5 Å². The van der Waals surface area contributed by atoms with Gasteiger partial charge in [0.15, 0.2) is 5.82 Å². The molecule has 0 aliphatic carbocycles. The SMILES string of the molecule is C=C(c1ccnc(Nc2nc3ccc(-c4nc(C)no4)cc3[nH]2)c1)N1CCN(C(=O)CC(F)(F)F)CC1. The van der Waals surface area contributed by atoms with Gasteiger partial charge in [-0.3, -0.25) is 4.79 Å². The molecule has 0 spiro atoms. The van der Waals surface area contributed by atoms with Gasteiger partial charge in [-0.1, -0.05) is 11.7 Å². The molecular weight excluding hydrogens is 489 g/mol. The Labute approximate surface area is 209 Å². The first-order valence-electron chi connectivity index (χ1n) is 11.5. The van der Waals surface area contributed by atoms with Gasteiger partial charge >= 0.3 is 6.18 Å². The number of H-pyrrole nitrogens is 1. The van der Waals surface area contributed by atoms with Gasteiger partial charge in [-0.2, -0.15) is 18.2 Å². The molecule has 1 aliphatic heterocycles. The number of hydrogen-bond acceptors (Lipinski definition) is 8. The van der Waals surface area contributed by atoms with Crippen LogP contribution in [0, 0.1) is 6.92 Å². The van der Waals surface area contributed by atoms with Crippen LogP contribution in [0.2, 0.25) is 0 Å².